The zero-order valence-electron chi connectivity index (χ0n) is 8.97. The van der Waals surface area contributed by atoms with Crippen molar-refractivity contribution in [2.45, 2.75) is 12.3 Å². The molecule has 10 heteroatoms. The Morgan fingerprint density at radius 2 is 1.79 bits per heavy atom. The molecule has 106 valence electrons. The number of non-ortho nitro benzene ring substituents is 1. The van der Waals surface area contributed by atoms with E-state index in [2.05, 4.69) is 0 Å². The van der Waals surface area contributed by atoms with E-state index in [1.807, 2.05) is 5.32 Å². The van der Waals surface area contributed by atoms with Crippen LogP contribution in [0.25, 0.3) is 0 Å². The van der Waals surface area contributed by atoms with Gasteiger partial charge in [0.2, 0.25) is 0 Å². The lowest BCUT2D eigenvalue weighted by Gasteiger charge is -2.17. The first-order valence-electron chi connectivity index (χ1n) is 4.68. The molecule has 0 heterocycles. The predicted octanol–water partition coefficient (Wildman–Crippen LogP) is 4.21. The van der Waals surface area contributed by atoms with Crippen LogP contribution in [0.4, 0.5) is 28.9 Å². The standard InChI is InChI=1S/C9H6Cl2F4N2O2/c10-5-1-4(17(18)19)2-6(11)7(5)16-3-9(14,15)8(12)13/h1-2,8,16H,3H2. The molecule has 0 saturated heterocycles. The van der Waals surface area contributed by atoms with Crippen LogP contribution < -0.4 is 5.32 Å². The largest absolute Gasteiger partial charge is 0.376 e. The van der Waals surface area contributed by atoms with Crippen LogP contribution in [0, 0.1) is 10.1 Å². The molecular formula is C9H6Cl2F4N2O2. The number of hydrogen-bond acceptors (Lipinski definition) is 3. The van der Waals surface area contributed by atoms with E-state index in [1.165, 1.54) is 0 Å². The number of nitro groups is 1. The van der Waals surface area contributed by atoms with Gasteiger partial charge in [-0.05, 0) is 0 Å². The van der Waals surface area contributed by atoms with Crippen LogP contribution in [-0.2, 0) is 0 Å². The summed E-state index contributed by atoms with van der Waals surface area (Å²) >= 11 is 11.2. The number of nitrogens with one attached hydrogen (secondary N) is 1. The minimum absolute atomic E-state index is 0.269. The fourth-order valence-corrected chi connectivity index (χ4v) is 1.73. The van der Waals surface area contributed by atoms with Crippen molar-refractivity contribution in [3.8, 4) is 0 Å². The molecule has 1 aromatic carbocycles. The molecule has 0 aliphatic carbocycles. The lowest BCUT2D eigenvalue weighted by molar-refractivity contribution is -0.384. The second-order valence-corrected chi connectivity index (χ2v) is 4.27. The summed E-state index contributed by atoms with van der Waals surface area (Å²) in [6, 6.07) is 1.74. The molecule has 0 radical (unpaired) electrons. The van der Waals surface area contributed by atoms with Crippen LogP contribution in [0.3, 0.4) is 0 Å². The summed E-state index contributed by atoms with van der Waals surface area (Å²) in [6.07, 6.45) is -3.85. The Labute approximate surface area is 114 Å². The molecule has 0 saturated carbocycles. The first-order valence-corrected chi connectivity index (χ1v) is 5.44. The van der Waals surface area contributed by atoms with Crippen molar-refractivity contribution in [3.05, 3.63) is 32.3 Å². The van der Waals surface area contributed by atoms with E-state index < -0.39 is 29.5 Å². The fraction of sp³-hybridized carbons (Fsp3) is 0.333. The maximum absolute atomic E-state index is 12.7. The van der Waals surface area contributed by atoms with Crippen LogP contribution in [0.2, 0.25) is 10.0 Å². The van der Waals surface area contributed by atoms with Gasteiger partial charge in [0.25, 0.3) is 5.69 Å². The van der Waals surface area contributed by atoms with E-state index in [4.69, 9.17) is 23.2 Å². The van der Waals surface area contributed by atoms with Crippen molar-refractivity contribution >= 4 is 34.6 Å². The molecular weight excluding hydrogens is 315 g/mol. The minimum Gasteiger partial charge on any atom is -0.376 e. The van der Waals surface area contributed by atoms with Gasteiger partial charge < -0.3 is 5.32 Å². The molecule has 1 N–H and O–H groups in total. The van der Waals surface area contributed by atoms with Crippen LogP contribution >= 0.6 is 23.2 Å². The maximum atomic E-state index is 12.7. The monoisotopic (exact) mass is 320 g/mol. The van der Waals surface area contributed by atoms with E-state index in [0.717, 1.165) is 12.1 Å². The highest BCUT2D eigenvalue weighted by molar-refractivity contribution is 6.39. The summed E-state index contributed by atoms with van der Waals surface area (Å²) in [4.78, 5) is 9.69. The van der Waals surface area contributed by atoms with Crippen molar-refractivity contribution in [3.63, 3.8) is 0 Å². The van der Waals surface area contributed by atoms with Gasteiger partial charge in [-0.1, -0.05) is 23.2 Å². The van der Waals surface area contributed by atoms with E-state index in [9.17, 15) is 27.7 Å². The maximum Gasteiger partial charge on any atom is 0.324 e. The predicted molar refractivity (Wildman–Crippen MR) is 62.6 cm³/mol. The summed E-state index contributed by atoms with van der Waals surface area (Å²) in [5.41, 5.74) is -0.713. The second kappa shape index (κ2) is 5.79. The normalized spacial score (nSPS) is 11.7. The Hall–Kier alpha value is -1.28. The van der Waals surface area contributed by atoms with Gasteiger partial charge in [-0.3, -0.25) is 10.1 Å². The summed E-state index contributed by atoms with van der Waals surface area (Å²) in [5.74, 6) is -4.27. The Balaban J connectivity index is 2.94. The van der Waals surface area contributed by atoms with E-state index in [1.54, 1.807) is 0 Å². The molecule has 19 heavy (non-hydrogen) atoms. The van der Waals surface area contributed by atoms with Crippen LogP contribution in [-0.4, -0.2) is 23.8 Å². The van der Waals surface area contributed by atoms with Crippen molar-refractivity contribution < 1.29 is 22.5 Å². The number of benzene rings is 1. The molecule has 0 aliphatic heterocycles. The third-order valence-corrected chi connectivity index (χ3v) is 2.65. The molecule has 0 spiro atoms. The van der Waals surface area contributed by atoms with Gasteiger partial charge in [0.05, 0.1) is 27.2 Å². The van der Waals surface area contributed by atoms with Crippen molar-refractivity contribution in [1.29, 1.82) is 0 Å². The van der Waals surface area contributed by atoms with E-state index >= 15 is 0 Å². The summed E-state index contributed by atoms with van der Waals surface area (Å²) in [7, 11) is 0. The number of nitro benzene ring substituents is 1. The van der Waals surface area contributed by atoms with E-state index in [0.29, 0.717) is 0 Å². The fourth-order valence-electron chi connectivity index (χ4n) is 1.12. The Morgan fingerprint density at radius 3 is 2.16 bits per heavy atom. The number of rotatable bonds is 5. The van der Waals surface area contributed by atoms with Gasteiger partial charge in [-0.25, -0.2) is 8.78 Å². The number of hydrogen-bond donors (Lipinski definition) is 1. The van der Waals surface area contributed by atoms with Gasteiger partial charge in [0, 0.05) is 12.1 Å². The van der Waals surface area contributed by atoms with Gasteiger partial charge in [0.1, 0.15) is 0 Å². The topological polar surface area (TPSA) is 55.2 Å². The molecule has 0 fully saturated rings. The van der Waals surface area contributed by atoms with Gasteiger partial charge in [-0.2, -0.15) is 8.78 Å². The molecule has 0 atom stereocenters. The van der Waals surface area contributed by atoms with Crippen LogP contribution in [0.1, 0.15) is 0 Å². The van der Waals surface area contributed by atoms with Crippen molar-refractivity contribution in [2.24, 2.45) is 0 Å². The molecule has 0 aromatic heterocycles. The Morgan fingerprint density at radius 1 is 1.32 bits per heavy atom. The molecule has 1 rings (SSSR count). The lowest BCUT2D eigenvalue weighted by atomic mass is 10.2. The highest BCUT2D eigenvalue weighted by atomic mass is 35.5. The summed E-state index contributed by atoms with van der Waals surface area (Å²) < 4.78 is 49.3. The van der Waals surface area contributed by atoms with Crippen molar-refractivity contribution in [2.75, 3.05) is 11.9 Å². The van der Waals surface area contributed by atoms with Gasteiger partial charge >= 0.3 is 12.3 Å². The average Bonchev–Trinajstić information content (AvgIpc) is 2.27. The molecule has 0 aliphatic rings. The zero-order chi connectivity index (χ0) is 14.8. The Bertz CT molecular complexity index is 476. The van der Waals surface area contributed by atoms with E-state index in [-0.39, 0.29) is 15.7 Å². The van der Waals surface area contributed by atoms with Crippen LogP contribution in [0.15, 0.2) is 12.1 Å². The number of alkyl halides is 4. The smallest absolute Gasteiger partial charge is 0.324 e. The quantitative estimate of drug-likeness (QED) is 0.502. The summed E-state index contributed by atoms with van der Waals surface area (Å²) in [6.45, 7) is -1.40. The molecule has 4 nitrogen and oxygen atoms in total. The summed E-state index contributed by atoms with van der Waals surface area (Å²) in [5, 5.41) is 11.8. The molecule has 1 aromatic rings. The van der Waals surface area contributed by atoms with Gasteiger partial charge in [-0.15, -0.1) is 0 Å². The highest BCUT2D eigenvalue weighted by Crippen LogP contribution is 2.35. The van der Waals surface area contributed by atoms with Crippen molar-refractivity contribution in [1.82, 2.24) is 0 Å². The molecule has 0 bridgehead atoms. The Kier molecular flexibility index (Phi) is 4.81. The molecule has 0 unspecified atom stereocenters. The lowest BCUT2D eigenvalue weighted by Crippen LogP contribution is -2.34. The minimum atomic E-state index is -4.27. The van der Waals surface area contributed by atoms with Gasteiger partial charge in [0.15, 0.2) is 0 Å². The number of halogens is 6. The zero-order valence-corrected chi connectivity index (χ0v) is 10.5. The second-order valence-electron chi connectivity index (χ2n) is 3.46. The average molecular weight is 321 g/mol. The third-order valence-electron chi connectivity index (χ3n) is 2.06. The number of nitrogens with zero attached hydrogens (tertiary/aromatic N) is 1. The first-order chi connectivity index (χ1) is 8.65. The number of anilines is 1. The van der Waals surface area contributed by atoms with Crippen LogP contribution in [0.5, 0.6) is 0 Å². The molecule has 0 amide bonds. The SMILES string of the molecule is O=[N+]([O-])c1cc(Cl)c(NCC(F)(F)C(F)F)c(Cl)c1. The third kappa shape index (κ3) is 3.84. The first kappa shape index (κ1) is 15.8. The highest BCUT2D eigenvalue weighted by Gasteiger charge is 2.40.